The lowest BCUT2D eigenvalue weighted by Crippen LogP contribution is -2.41. The minimum absolute atomic E-state index is 0.0397. The van der Waals surface area contributed by atoms with Crippen LogP contribution in [0.2, 0.25) is 18.1 Å². The van der Waals surface area contributed by atoms with E-state index in [0.717, 1.165) is 0 Å². The third-order valence-corrected chi connectivity index (χ3v) is 9.66. The molecule has 0 aromatic rings. The quantitative estimate of drug-likeness (QED) is 0.419. The van der Waals surface area contributed by atoms with Crippen LogP contribution in [0, 0.1) is 5.92 Å². The summed E-state index contributed by atoms with van der Waals surface area (Å²) in [5.74, 6) is -0.200. The minimum atomic E-state index is -5.57. The first kappa shape index (κ1) is 19.5. The van der Waals surface area contributed by atoms with Crippen LogP contribution in [0.25, 0.3) is 0 Å². The Labute approximate surface area is 130 Å². The van der Waals surface area contributed by atoms with Crippen LogP contribution in [0.4, 0.5) is 13.2 Å². The van der Waals surface area contributed by atoms with E-state index in [4.69, 9.17) is 4.43 Å². The van der Waals surface area contributed by atoms with Crippen LogP contribution < -0.4 is 0 Å². The maximum absolute atomic E-state index is 12.3. The van der Waals surface area contributed by atoms with E-state index in [1.54, 1.807) is 0 Å². The molecule has 0 aromatic carbocycles. The van der Waals surface area contributed by atoms with Crippen molar-refractivity contribution in [3.63, 3.8) is 0 Å². The highest BCUT2D eigenvalue weighted by Gasteiger charge is 2.49. The van der Waals surface area contributed by atoms with Crippen LogP contribution in [-0.2, 0) is 18.7 Å². The summed E-state index contributed by atoms with van der Waals surface area (Å²) in [6.07, 6.45) is 1.99. The summed E-state index contributed by atoms with van der Waals surface area (Å²) in [6.45, 7) is 10.8. The van der Waals surface area contributed by atoms with E-state index in [2.05, 4.69) is 38.0 Å². The van der Waals surface area contributed by atoms with Gasteiger partial charge in [0.05, 0.1) is 0 Å². The Morgan fingerprint density at radius 2 is 1.82 bits per heavy atom. The lowest BCUT2D eigenvalue weighted by atomic mass is 10.1. The van der Waals surface area contributed by atoms with Gasteiger partial charge in [-0.15, -0.1) is 0 Å². The second kappa shape index (κ2) is 6.16. The fraction of sp³-hybridized carbons (Fsp3) is 0.846. The summed E-state index contributed by atoms with van der Waals surface area (Å²) >= 11 is 0. The predicted octanol–water partition coefficient (Wildman–Crippen LogP) is 4.17. The van der Waals surface area contributed by atoms with Crippen molar-refractivity contribution in [1.29, 1.82) is 0 Å². The Hall–Kier alpha value is -0.543. The topological polar surface area (TPSA) is 52.6 Å². The number of alkyl halides is 3. The molecule has 0 N–H and O–H groups in total. The van der Waals surface area contributed by atoms with Gasteiger partial charge in [-0.3, -0.25) is 0 Å². The Morgan fingerprint density at radius 3 is 2.27 bits per heavy atom. The van der Waals surface area contributed by atoms with Crippen molar-refractivity contribution in [2.45, 2.75) is 57.3 Å². The molecule has 0 saturated carbocycles. The molecule has 0 radical (unpaired) electrons. The molecule has 0 fully saturated rings. The number of hydrogen-bond acceptors (Lipinski definition) is 4. The second-order valence-corrected chi connectivity index (χ2v) is 13.4. The predicted molar refractivity (Wildman–Crippen MR) is 80.0 cm³/mol. The first-order chi connectivity index (χ1) is 9.66. The maximum Gasteiger partial charge on any atom is 0.534 e. The van der Waals surface area contributed by atoms with Crippen LogP contribution in [0.5, 0.6) is 0 Å². The van der Waals surface area contributed by atoms with E-state index in [0.29, 0.717) is 13.0 Å². The third-order valence-electron chi connectivity index (χ3n) is 4.16. The van der Waals surface area contributed by atoms with Gasteiger partial charge >= 0.3 is 15.6 Å². The summed E-state index contributed by atoms with van der Waals surface area (Å²) in [4.78, 5) is 0. The van der Waals surface area contributed by atoms with Crippen LogP contribution in [0.1, 0.15) is 33.6 Å². The molecule has 130 valence electrons. The summed E-state index contributed by atoms with van der Waals surface area (Å²) in [5, 5.41) is 0.0397. The first-order valence-corrected chi connectivity index (χ1v) is 11.3. The van der Waals surface area contributed by atoms with E-state index in [1.165, 1.54) is 6.08 Å². The molecule has 0 aliphatic heterocycles. The normalized spacial score (nSPS) is 20.9. The molecule has 0 saturated heterocycles. The molecule has 0 amide bonds. The number of rotatable bonds is 5. The number of allylic oxidation sites excluding steroid dienone is 2. The molecule has 0 heterocycles. The molecular weight excluding hydrogens is 337 g/mol. The van der Waals surface area contributed by atoms with Gasteiger partial charge in [0, 0.05) is 13.0 Å². The van der Waals surface area contributed by atoms with Crippen LogP contribution >= 0.6 is 0 Å². The van der Waals surface area contributed by atoms with Gasteiger partial charge in [0.25, 0.3) is 0 Å². The molecule has 1 unspecified atom stereocenters. The average molecular weight is 360 g/mol. The molecule has 9 heteroatoms. The molecule has 0 spiro atoms. The zero-order chi connectivity index (χ0) is 17.4. The number of halogens is 3. The van der Waals surface area contributed by atoms with Crippen molar-refractivity contribution >= 4 is 18.4 Å². The highest BCUT2D eigenvalue weighted by atomic mass is 32.2. The fourth-order valence-corrected chi connectivity index (χ4v) is 3.27. The Kier molecular flexibility index (Phi) is 5.46. The Morgan fingerprint density at radius 1 is 1.27 bits per heavy atom. The summed E-state index contributed by atoms with van der Waals surface area (Å²) in [7, 11) is -7.50. The standard InChI is InChI=1S/C13H23F3O4SSi/c1-12(2,3)22(4,5)19-9-10-6-7-11(8-10)20-21(17,18)13(14,15)16/h7,10H,6,8-9H2,1-5H3. The molecule has 1 rings (SSSR count). The van der Waals surface area contributed by atoms with Crippen LogP contribution in [0.15, 0.2) is 11.8 Å². The lowest BCUT2D eigenvalue weighted by Gasteiger charge is -2.37. The molecule has 0 bridgehead atoms. The maximum atomic E-state index is 12.3. The molecule has 0 aromatic heterocycles. The van der Waals surface area contributed by atoms with Gasteiger partial charge in [0.15, 0.2) is 8.32 Å². The highest BCUT2D eigenvalue weighted by Crippen LogP contribution is 2.38. The van der Waals surface area contributed by atoms with Crippen molar-refractivity contribution < 1.29 is 30.2 Å². The highest BCUT2D eigenvalue weighted by molar-refractivity contribution is 7.87. The SMILES string of the molecule is CC(C)(C)[Si](C)(C)OCC1CC=C(OS(=O)(=O)C(F)(F)F)C1. The van der Waals surface area contributed by atoms with Crippen LogP contribution in [0.3, 0.4) is 0 Å². The van der Waals surface area contributed by atoms with Gasteiger partial charge in [-0.05, 0) is 36.5 Å². The molecule has 1 aliphatic carbocycles. The van der Waals surface area contributed by atoms with Gasteiger partial charge in [-0.1, -0.05) is 20.8 Å². The van der Waals surface area contributed by atoms with E-state index < -0.39 is 23.9 Å². The van der Waals surface area contributed by atoms with Crippen molar-refractivity contribution in [2.75, 3.05) is 6.61 Å². The molecule has 1 atom stereocenters. The Bertz CT molecular complexity index is 532. The summed E-state index contributed by atoms with van der Waals surface area (Å²) < 4.78 is 68.8. The summed E-state index contributed by atoms with van der Waals surface area (Å²) in [6, 6.07) is 0. The molecule has 22 heavy (non-hydrogen) atoms. The largest absolute Gasteiger partial charge is 0.534 e. The summed E-state index contributed by atoms with van der Waals surface area (Å²) in [5.41, 5.74) is -5.40. The van der Waals surface area contributed by atoms with Gasteiger partial charge in [-0.25, -0.2) is 0 Å². The zero-order valence-electron chi connectivity index (χ0n) is 13.5. The Balaban J connectivity index is 2.54. The molecule has 4 nitrogen and oxygen atoms in total. The van der Waals surface area contributed by atoms with Crippen molar-refractivity contribution in [1.82, 2.24) is 0 Å². The van der Waals surface area contributed by atoms with Gasteiger partial charge < -0.3 is 8.61 Å². The van der Waals surface area contributed by atoms with Crippen LogP contribution in [-0.4, -0.2) is 28.9 Å². The third kappa shape index (κ3) is 4.72. The van der Waals surface area contributed by atoms with E-state index in [1.807, 2.05) is 0 Å². The van der Waals surface area contributed by atoms with Gasteiger partial charge in [0.2, 0.25) is 0 Å². The van der Waals surface area contributed by atoms with E-state index in [-0.39, 0.29) is 23.1 Å². The molecule has 1 aliphatic rings. The second-order valence-electron chi connectivity index (χ2n) is 7.03. The molecular formula is C13H23F3O4SSi. The lowest BCUT2D eigenvalue weighted by molar-refractivity contribution is -0.0523. The zero-order valence-corrected chi connectivity index (χ0v) is 15.3. The van der Waals surface area contributed by atoms with Crippen molar-refractivity contribution in [2.24, 2.45) is 5.92 Å². The van der Waals surface area contributed by atoms with Crippen molar-refractivity contribution in [3.8, 4) is 0 Å². The number of hydrogen-bond donors (Lipinski definition) is 0. The fourth-order valence-electron chi connectivity index (χ4n) is 1.68. The van der Waals surface area contributed by atoms with Gasteiger partial charge in [-0.2, -0.15) is 21.6 Å². The monoisotopic (exact) mass is 360 g/mol. The van der Waals surface area contributed by atoms with E-state index in [9.17, 15) is 21.6 Å². The smallest absolute Gasteiger partial charge is 0.417 e. The first-order valence-electron chi connectivity index (χ1n) is 6.99. The van der Waals surface area contributed by atoms with E-state index >= 15 is 0 Å². The average Bonchev–Trinajstić information content (AvgIpc) is 2.70. The van der Waals surface area contributed by atoms with Gasteiger partial charge in [0.1, 0.15) is 5.76 Å². The van der Waals surface area contributed by atoms with Crippen molar-refractivity contribution in [3.05, 3.63) is 11.8 Å². The minimum Gasteiger partial charge on any atom is -0.417 e.